The molecule has 0 saturated carbocycles. The molecule has 2 amide bonds. The number of hydrogen-bond acceptors (Lipinski definition) is 5. The van der Waals surface area contributed by atoms with Gasteiger partial charge in [0.05, 0.1) is 13.2 Å². The van der Waals surface area contributed by atoms with Gasteiger partial charge in [-0.25, -0.2) is 0 Å². The second-order valence-electron chi connectivity index (χ2n) is 4.87. The molecule has 8 heteroatoms. The third-order valence-electron chi connectivity index (χ3n) is 3.79. The van der Waals surface area contributed by atoms with E-state index in [1.807, 2.05) is 0 Å². The summed E-state index contributed by atoms with van der Waals surface area (Å²) in [5.41, 5.74) is 4.50. The zero-order valence-electron chi connectivity index (χ0n) is 12.0. The Morgan fingerprint density at radius 1 is 1.60 bits per heavy atom. The molecule has 1 aliphatic heterocycles. The van der Waals surface area contributed by atoms with Crippen molar-refractivity contribution in [3.8, 4) is 0 Å². The fourth-order valence-corrected chi connectivity index (χ4v) is 2.10. The Kier molecular flexibility index (Phi) is 5.32. The number of amidine groups is 1. The highest BCUT2D eigenvalue weighted by Gasteiger charge is 2.44. The first kappa shape index (κ1) is 16.2. The summed E-state index contributed by atoms with van der Waals surface area (Å²) in [5.74, 6) is -0.796. The monoisotopic (exact) mass is 286 g/mol. The maximum atomic E-state index is 12.7. The summed E-state index contributed by atoms with van der Waals surface area (Å²) in [6, 6.07) is -0.696. The van der Waals surface area contributed by atoms with E-state index in [2.05, 4.69) is 10.5 Å². The lowest BCUT2D eigenvalue weighted by molar-refractivity contribution is -0.153. The lowest BCUT2D eigenvalue weighted by atomic mass is 9.84. The summed E-state index contributed by atoms with van der Waals surface area (Å²) in [6.45, 7) is 4.16. The minimum absolute atomic E-state index is 0.140. The maximum Gasteiger partial charge on any atom is 0.244 e. The van der Waals surface area contributed by atoms with Crippen LogP contribution in [0.25, 0.3) is 0 Å². The largest absolute Gasteiger partial charge is 0.409 e. The van der Waals surface area contributed by atoms with E-state index in [9.17, 15) is 9.59 Å². The number of likely N-dealkylation sites (N-methyl/N-ethyl adjacent to an activating group) is 1. The van der Waals surface area contributed by atoms with Gasteiger partial charge in [0.2, 0.25) is 11.8 Å². The molecule has 0 aromatic carbocycles. The number of morpholine rings is 1. The van der Waals surface area contributed by atoms with E-state index in [0.29, 0.717) is 19.6 Å². The molecule has 0 aliphatic carbocycles. The predicted octanol–water partition coefficient (Wildman–Crippen LogP) is -0.877. The van der Waals surface area contributed by atoms with Crippen LogP contribution in [0.1, 0.15) is 20.3 Å². The van der Waals surface area contributed by atoms with Crippen LogP contribution >= 0.6 is 0 Å². The molecule has 0 aromatic heterocycles. The second-order valence-corrected chi connectivity index (χ2v) is 4.87. The molecule has 0 aromatic rings. The van der Waals surface area contributed by atoms with Gasteiger partial charge in [0.15, 0.2) is 5.84 Å². The van der Waals surface area contributed by atoms with Crippen LogP contribution in [0.2, 0.25) is 0 Å². The van der Waals surface area contributed by atoms with Gasteiger partial charge in [-0.1, -0.05) is 12.1 Å². The van der Waals surface area contributed by atoms with Gasteiger partial charge in [0.25, 0.3) is 0 Å². The number of ether oxygens (including phenoxy) is 1. The lowest BCUT2D eigenvalue weighted by Crippen LogP contribution is -2.60. The summed E-state index contributed by atoms with van der Waals surface area (Å²) in [5, 5.41) is 14.3. The SMILES string of the molecule is CCC(C)(C(=O)N1CCOCC1C(=O)NC)C(N)=NO. The molecule has 0 radical (unpaired) electrons. The number of rotatable bonds is 4. The zero-order chi connectivity index (χ0) is 15.3. The maximum absolute atomic E-state index is 12.7. The average molecular weight is 286 g/mol. The third kappa shape index (κ3) is 2.84. The number of nitrogens with one attached hydrogen (secondary N) is 1. The predicted molar refractivity (Wildman–Crippen MR) is 72.2 cm³/mol. The Morgan fingerprint density at radius 3 is 2.75 bits per heavy atom. The Morgan fingerprint density at radius 2 is 2.25 bits per heavy atom. The van der Waals surface area contributed by atoms with E-state index in [1.54, 1.807) is 13.8 Å². The van der Waals surface area contributed by atoms with E-state index >= 15 is 0 Å². The molecule has 1 rings (SSSR count). The Bertz CT molecular complexity index is 412. The number of nitrogens with two attached hydrogens (primary N) is 1. The van der Waals surface area contributed by atoms with E-state index < -0.39 is 11.5 Å². The molecular formula is C12H22N4O4. The van der Waals surface area contributed by atoms with Gasteiger partial charge >= 0.3 is 0 Å². The summed E-state index contributed by atoms with van der Waals surface area (Å²) in [4.78, 5) is 26.0. The second kappa shape index (κ2) is 6.56. The molecule has 2 unspecified atom stereocenters. The van der Waals surface area contributed by atoms with Crippen LogP contribution in [0, 0.1) is 5.41 Å². The quantitative estimate of drug-likeness (QED) is 0.268. The highest BCUT2D eigenvalue weighted by Crippen LogP contribution is 2.26. The smallest absolute Gasteiger partial charge is 0.244 e. The van der Waals surface area contributed by atoms with E-state index in [0.717, 1.165) is 0 Å². The van der Waals surface area contributed by atoms with E-state index in [-0.39, 0.29) is 24.3 Å². The molecule has 20 heavy (non-hydrogen) atoms. The molecule has 0 spiro atoms. The highest BCUT2D eigenvalue weighted by molar-refractivity contribution is 6.07. The minimum Gasteiger partial charge on any atom is -0.409 e. The van der Waals surface area contributed by atoms with Crippen LogP contribution < -0.4 is 11.1 Å². The molecule has 1 aliphatic rings. The highest BCUT2D eigenvalue weighted by atomic mass is 16.5. The van der Waals surface area contributed by atoms with Crippen LogP contribution in [0.5, 0.6) is 0 Å². The van der Waals surface area contributed by atoms with E-state index in [1.165, 1.54) is 11.9 Å². The first-order valence-electron chi connectivity index (χ1n) is 6.50. The van der Waals surface area contributed by atoms with Crippen molar-refractivity contribution in [1.29, 1.82) is 0 Å². The minimum atomic E-state index is -1.14. The molecule has 8 nitrogen and oxygen atoms in total. The number of amides is 2. The standard InChI is InChI=1S/C12H22N4O4/c1-4-12(2,10(13)15-19)11(18)16-5-6-20-7-8(16)9(17)14-3/h8,19H,4-7H2,1-3H3,(H2,13,15)(H,14,17). The van der Waals surface area contributed by atoms with Crippen LogP contribution in [0.4, 0.5) is 0 Å². The number of carbonyl (C=O) groups is 2. The summed E-state index contributed by atoms with van der Waals surface area (Å²) in [6.07, 6.45) is 0.361. The number of hydrogen-bond donors (Lipinski definition) is 3. The lowest BCUT2D eigenvalue weighted by Gasteiger charge is -2.39. The van der Waals surface area contributed by atoms with Crippen LogP contribution in [-0.4, -0.2) is 60.6 Å². The van der Waals surface area contributed by atoms with Gasteiger partial charge in [-0.15, -0.1) is 0 Å². The van der Waals surface area contributed by atoms with Crippen molar-refractivity contribution in [2.24, 2.45) is 16.3 Å². The van der Waals surface area contributed by atoms with Crippen molar-refractivity contribution in [2.45, 2.75) is 26.3 Å². The topological polar surface area (TPSA) is 117 Å². The van der Waals surface area contributed by atoms with Gasteiger partial charge in [0, 0.05) is 13.6 Å². The van der Waals surface area contributed by atoms with Gasteiger partial charge in [-0.2, -0.15) is 0 Å². The zero-order valence-corrected chi connectivity index (χ0v) is 12.0. The fraction of sp³-hybridized carbons (Fsp3) is 0.750. The Balaban J connectivity index is 3.05. The molecule has 4 N–H and O–H groups in total. The van der Waals surface area contributed by atoms with Crippen molar-refractivity contribution in [1.82, 2.24) is 10.2 Å². The normalized spacial score (nSPS) is 23.1. The van der Waals surface area contributed by atoms with Gasteiger partial charge < -0.3 is 25.9 Å². The molecule has 114 valence electrons. The molecule has 1 saturated heterocycles. The van der Waals surface area contributed by atoms with Crippen LogP contribution in [0.3, 0.4) is 0 Å². The Labute approximate surface area is 117 Å². The molecule has 1 fully saturated rings. The Hall–Kier alpha value is -1.83. The summed E-state index contributed by atoms with van der Waals surface area (Å²) >= 11 is 0. The number of carbonyl (C=O) groups excluding carboxylic acids is 2. The van der Waals surface area contributed by atoms with Crippen molar-refractivity contribution in [3.63, 3.8) is 0 Å². The molecular weight excluding hydrogens is 264 g/mol. The molecule has 0 bridgehead atoms. The third-order valence-corrected chi connectivity index (χ3v) is 3.79. The number of nitrogens with zero attached hydrogens (tertiary/aromatic N) is 2. The van der Waals surface area contributed by atoms with Crippen LogP contribution in [-0.2, 0) is 14.3 Å². The number of oxime groups is 1. The fourth-order valence-electron chi connectivity index (χ4n) is 2.10. The van der Waals surface area contributed by atoms with Crippen molar-refractivity contribution in [2.75, 3.05) is 26.8 Å². The van der Waals surface area contributed by atoms with Gasteiger partial charge in [-0.05, 0) is 13.3 Å². The summed E-state index contributed by atoms with van der Waals surface area (Å²) in [7, 11) is 1.50. The van der Waals surface area contributed by atoms with Gasteiger partial charge in [-0.3, -0.25) is 9.59 Å². The van der Waals surface area contributed by atoms with Gasteiger partial charge in [0.1, 0.15) is 11.5 Å². The molecule has 1 heterocycles. The van der Waals surface area contributed by atoms with E-state index in [4.69, 9.17) is 15.7 Å². The van der Waals surface area contributed by atoms with Crippen molar-refractivity contribution < 1.29 is 19.5 Å². The molecule has 2 atom stereocenters. The van der Waals surface area contributed by atoms with Crippen LogP contribution in [0.15, 0.2) is 5.16 Å². The van der Waals surface area contributed by atoms with Crippen molar-refractivity contribution in [3.05, 3.63) is 0 Å². The summed E-state index contributed by atoms with van der Waals surface area (Å²) < 4.78 is 5.25. The first-order valence-corrected chi connectivity index (χ1v) is 6.50. The van der Waals surface area contributed by atoms with Crippen molar-refractivity contribution >= 4 is 17.6 Å². The average Bonchev–Trinajstić information content (AvgIpc) is 2.51. The first-order chi connectivity index (χ1) is 9.42.